The van der Waals surface area contributed by atoms with E-state index in [1.54, 1.807) is 48.9 Å². The smallest absolute Gasteiger partial charge is 0.256 e. The summed E-state index contributed by atoms with van der Waals surface area (Å²) in [5.41, 5.74) is 4.33. The molecule has 0 saturated carbocycles. The maximum absolute atomic E-state index is 12.8. The zero-order valence-corrected chi connectivity index (χ0v) is 18.4. The quantitative estimate of drug-likeness (QED) is 0.302. The summed E-state index contributed by atoms with van der Waals surface area (Å²) in [6.07, 6.45) is 5.09. The van der Waals surface area contributed by atoms with Crippen molar-refractivity contribution in [2.45, 2.75) is 0 Å². The van der Waals surface area contributed by atoms with Crippen LogP contribution in [0.4, 0.5) is 28.7 Å². The van der Waals surface area contributed by atoms with Crippen LogP contribution in [0.3, 0.4) is 0 Å². The second-order valence-electron chi connectivity index (χ2n) is 7.63. The minimum absolute atomic E-state index is 0.266. The van der Waals surface area contributed by atoms with Gasteiger partial charge in [0.1, 0.15) is 11.6 Å². The molecule has 0 unspecified atom stereocenters. The predicted octanol–water partition coefficient (Wildman–Crippen LogP) is 5.64. The third-order valence-corrected chi connectivity index (χ3v) is 5.24. The molecule has 0 spiro atoms. The lowest BCUT2D eigenvalue weighted by atomic mass is 10.1. The number of amides is 1. The third-order valence-electron chi connectivity index (χ3n) is 5.24. The van der Waals surface area contributed by atoms with Gasteiger partial charge in [-0.25, -0.2) is 4.98 Å². The van der Waals surface area contributed by atoms with Gasteiger partial charge in [-0.2, -0.15) is 5.26 Å². The predicted molar refractivity (Wildman–Crippen MR) is 136 cm³/mol. The topological polar surface area (TPSA) is 116 Å². The van der Waals surface area contributed by atoms with Crippen LogP contribution in [0, 0.1) is 11.3 Å². The van der Waals surface area contributed by atoms with E-state index >= 15 is 0 Å². The highest BCUT2D eigenvalue weighted by Crippen LogP contribution is 2.26. The highest BCUT2D eigenvalue weighted by molar-refractivity contribution is 6.04. The zero-order valence-electron chi connectivity index (χ0n) is 18.4. The number of hydrogen-bond acceptors (Lipinski definition) is 7. The average Bonchev–Trinajstić information content (AvgIpc) is 2.90. The molecule has 0 fully saturated rings. The molecule has 5 aromatic rings. The van der Waals surface area contributed by atoms with E-state index in [0.29, 0.717) is 22.8 Å². The maximum Gasteiger partial charge on any atom is 0.256 e. The van der Waals surface area contributed by atoms with Crippen molar-refractivity contribution in [1.29, 1.82) is 5.26 Å². The van der Waals surface area contributed by atoms with E-state index < -0.39 is 0 Å². The number of carbonyl (C=O) groups is 1. The summed E-state index contributed by atoms with van der Waals surface area (Å²) in [6, 6.07) is 25.5. The summed E-state index contributed by atoms with van der Waals surface area (Å²) in [5.74, 6) is 0.781. The first kappa shape index (κ1) is 21.6. The lowest BCUT2D eigenvalue weighted by Gasteiger charge is -2.11. The Morgan fingerprint density at radius 1 is 0.800 bits per heavy atom. The Hall–Kier alpha value is -5.29. The molecule has 8 nitrogen and oxygen atoms in total. The van der Waals surface area contributed by atoms with Crippen LogP contribution in [0.1, 0.15) is 15.9 Å². The van der Waals surface area contributed by atoms with Crippen molar-refractivity contribution in [2.75, 3.05) is 16.0 Å². The van der Waals surface area contributed by atoms with Gasteiger partial charge < -0.3 is 16.0 Å². The van der Waals surface area contributed by atoms with E-state index in [1.165, 1.54) is 0 Å². The summed E-state index contributed by atoms with van der Waals surface area (Å²) >= 11 is 0. The lowest BCUT2D eigenvalue weighted by Crippen LogP contribution is -2.13. The summed E-state index contributed by atoms with van der Waals surface area (Å²) in [7, 11) is 0. The number of nitrogens with one attached hydrogen (secondary N) is 3. The van der Waals surface area contributed by atoms with Crippen molar-refractivity contribution >= 4 is 45.5 Å². The van der Waals surface area contributed by atoms with E-state index in [1.807, 2.05) is 48.5 Å². The largest absolute Gasteiger partial charge is 0.355 e. The van der Waals surface area contributed by atoms with Crippen LogP contribution < -0.4 is 16.0 Å². The molecule has 3 N–H and O–H groups in total. The summed E-state index contributed by atoms with van der Waals surface area (Å²) in [6.45, 7) is 0. The SMILES string of the molecule is N#Cc1ccc2nccc(Nc3ccc(C(=O)Nc4cccc(Nc5ccncc5)n4)cc3)c2c1. The molecular weight excluding hydrogens is 438 g/mol. The van der Waals surface area contributed by atoms with Crippen LogP contribution in [0.25, 0.3) is 10.9 Å². The number of carbonyl (C=O) groups excluding carboxylic acids is 1. The fourth-order valence-electron chi connectivity index (χ4n) is 3.53. The van der Waals surface area contributed by atoms with Gasteiger partial charge in [0.2, 0.25) is 0 Å². The number of nitriles is 1. The Balaban J connectivity index is 1.28. The summed E-state index contributed by atoms with van der Waals surface area (Å²) in [5, 5.41) is 19.4. The molecule has 5 rings (SSSR count). The van der Waals surface area contributed by atoms with Crippen molar-refractivity contribution in [3.05, 3.63) is 109 Å². The van der Waals surface area contributed by atoms with Crippen LogP contribution in [-0.4, -0.2) is 20.9 Å². The van der Waals surface area contributed by atoms with E-state index in [-0.39, 0.29) is 5.91 Å². The normalized spacial score (nSPS) is 10.4. The molecule has 2 aromatic carbocycles. The molecule has 0 radical (unpaired) electrons. The van der Waals surface area contributed by atoms with Gasteiger partial charge >= 0.3 is 0 Å². The Morgan fingerprint density at radius 3 is 2.37 bits per heavy atom. The van der Waals surface area contributed by atoms with Gasteiger partial charge in [0.15, 0.2) is 0 Å². The number of nitrogens with zero attached hydrogens (tertiary/aromatic N) is 4. The molecule has 0 aliphatic rings. The fraction of sp³-hybridized carbons (Fsp3) is 0. The van der Waals surface area contributed by atoms with E-state index in [4.69, 9.17) is 0 Å². The van der Waals surface area contributed by atoms with Crippen molar-refractivity contribution in [3.63, 3.8) is 0 Å². The Bertz CT molecular complexity index is 1540. The molecule has 0 aliphatic heterocycles. The number of rotatable bonds is 6. The van der Waals surface area contributed by atoms with Gasteiger partial charge in [0.05, 0.1) is 17.1 Å². The number of benzene rings is 2. The van der Waals surface area contributed by atoms with Gasteiger partial charge in [-0.1, -0.05) is 6.07 Å². The first-order valence-electron chi connectivity index (χ1n) is 10.8. The van der Waals surface area contributed by atoms with Gasteiger partial charge in [0, 0.05) is 46.6 Å². The second-order valence-corrected chi connectivity index (χ2v) is 7.63. The number of anilines is 5. The molecular formula is C27H19N7O. The van der Waals surface area contributed by atoms with Crippen LogP contribution in [0.2, 0.25) is 0 Å². The third kappa shape index (κ3) is 5.05. The van der Waals surface area contributed by atoms with Crippen molar-refractivity contribution in [3.8, 4) is 6.07 Å². The average molecular weight is 457 g/mol. The van der Waals surface area contributed by atoms with Crippen LogP contribution in [-0.2, 0) is 0 Å². The summed E-state index contributed by atoms with van der Waals surface area (Å²) in [4.78, 5) is 25.5. The zero-order chi connectivity index (χ0) is 24.0. The Morgan fingerprint density at radius 2 is 1.57 bits per heavy atom. The van der Waals surface area contributed by atoms with Gasteiger partial charge in [-0.05, 0) is 72.8 Å². The van der Waals surface area contributed by atoms with Crippen LogP contribution in [0.5, 0.6) is 0 Å². The fourth-order valence-corrected chi connectivity index (χ4v) is 3.53. The monoisotopic (exact) mass is 457 g/mol. The number of hydrogen-bond donors (Lipinski definition) is 3. The number of fused-ring (bicyclic) bond motifs is 1. The van der Waals surface area contributed by atoms with Crippen molar-refractivity contribution in [2.24, 2.45) is 0 Å². The second kappa shape index (κ2) is 9.68. The van der Waals surface area contributed by atoms with Crippen LogP contribution in [0.15, 0.2) is 97.5 Å². The molecule has 3 aromatic heterocycles. The molecule has 8 heteroatoms. The molecule has 0 aliphatic carbocycles. The first-order chi connectivity index (χ1) is 17.2. The standard InChI is InChI=1S/C27H19N7O/c28-17-18-4-9-23-22(16-18)24(12-15-30-23)31-20-7-5-19(6-8-20)27(35)34-26-3-1-2-25(33-26)32-21-10-13-29-14-11-21/h1-16H,(H,30,31)(H2,29,32,33,34,35). The maximum atomic E-state index is 12.8. The van der Waals surface area contributed by atoms with E-state index in [9.17, 15) is 10.1 Å². The summed E-state index contributed by atoms with van der Waals surface area (Å²) < 4.78 is 0. The van der Waals surface area contributed by atoms with E-state index in [0.717, 1.165) is 28.0 Å². The first-order valence-corrected chi connectivity index (χ1v) is 10.8. The number of aromatic nitrogens is 3. The highest BCUT2D eigenvalue weighted by atomic mass is 16.1. The molecule has 1 amide bonds. The minimum Gasteiger partial charge on any atom is -0.355 e. The lowest BCUT2D eigenvalue weighted by molar-refractivity contribution is 0.102. The van der Waals surface area contributed by atoms with E-state index in [2.05, 4.69) is 37.0 Å². The molecule has 3 heterocycles. The highest BCUT2D eigenvalue weighted by Gasteiger charge is 2.09. The van der Waals surface area contributed by atoms with Gasteiger partial charge in [-0.3, -0.25) is 14.8 Å². The minimum atomic E-state index is -0.266. The van der Waals surface area contributed by atoms with Crippen molar-refractivity contribution in [1.82, 2.24) is 15.0 Å². The molecule has 168 valence electrons. The van der Waals surface area contributed by atoms with Gasteiger partial charge in [-0.15, -0.1) is 0 Å². The molecule has 35 heavy (non-hydrogen) atoms. The number of pyridine rings is 3. The van der Waals surface area contributed by atoms with Gasteiger partial charge in [0.25, 0.3) is 5.91 Å². The van der Waals surface area contributed by atoms with Crippen LogP contribution >= 0.6 is 0 Å². The Labute approximate surface area is 201 Å². The Kier molecular flexibility index (Phi) is 5.96. The molecule has 0 bridgehead atoms. The molecule has 0 saturated heterocycles. The molecule has 0 atom stereocenters. The van der Waals surface area contributed by atoms with Crippen molar-refractivity contribution < 1.29 is 4.79 Å².